The van der Waals surface area contributed by atoms with Crippen LogP contribution < -0.4 is 5.32 Å². The number of halogens is 2. The zero-order chi connectivity index (χ0) is 18.1. The lowest BCUT2D eigenvalue weighted by Crippen LogP contribution is -2.07. The third-order valence-corrected chi connectivity index (χ3v) is 5.08. The molecule has 2 N–H and O–H groups in total. The molecule has 4 nitrogen and oxygen atoms in total. The summed E-state index contributed by atoms with van der Waals surface area (Å²) in [4.78, 5) is 16.0. The van der Waals surface area contributed by atoms with Gasteiger partial charge >= 0.3 is 5.97 Å². The fourth-order valence-corrected chi connectivity index (χ4v) is 3.16. The number of nitrogens with zero attached hydrogens (tertiary/aromatic N) is 1. The highest BCUT2D eigenvalue weighted by Gasteiger charge is 2.15. The number of hydrogen-bond acceptors (Lipinski definition) is 3. The van der Waals surface area contributed by atoms with Gasteiger partial charge in [-0.25, -0.2) is 4.79 Å². The van der Waals surface area contributed by atoms with E-state index in [9.17, 15) is 9.90 Å². The number of aryl methyl sites for hydroxylation is 1. The summed E-state index contributed by atoms with van der Waals surface area (Å²) in [6, 6.07) is 10.6. The minimum atomic E-state index is -0.995. The minimum Gasteiger partial charge on any atom is -0.478 e. The summed E-state index contributed by atoms with van der Waals surface area (Å²) < 4.78 is 0. The van der Waals surface area contributed by atoms with Crippen LogP contribution in [0.5, 0.6) is 0 Å². The number of hydrogen-bond donors (Lipinski definition) is 2. The van der Waals surface area contributed by atoms with Gasteiger partial charge in [0.15, 0.2) is 0 Å². The van der Waals surface area contributed by atoms with Crippen molar-refractivity contribution in [2.45, 2.75) is 20.4 Å². The first-order chi connectivity index (χ1) is 11.9. The Morgan fingerprint density at radius 1 is 1.16 bits per heavy atom. The van der Waals surface area contributed by atoms with Crippen molar-refractivity contribution in [3.05, 3.63) is 68.8 Å². The van der Waals surface area contributed by atoms with Crippen molar-refractivity contribution in [3.8, 4) is 0 Å². The van der Waals surface area contributed by atoms with Gasteiger partial charge in [0.25, 0.3) is 0 Å². The molecule has 0 bridgehead atoms. The van der Waals surface area contributed by atoms with Crippen LogP contribution in [0.2, 0.25) is 10.0 Å². The molecule has 0 saturated carbocycles. The van der Waals surface area contributed by atoms with Crippen LogP contribution in [0, 0.1) is 13.8 Å². The summed E-state index contributed by atoms with van der Waals surface area (Å²) in [5, 5.41) is 14.6. The van der Waals surface area contributed by atoms with Crippen molar-refractivity contribution in [1.82, 2.24) is 4.98 Å². The Labute approximate surface area is 155 Å². The molecule has 0 fully saturated rings. The molecule has 0 aliphatic heterocycles. The molecule has 3 rings (SSSR count). The maximum absolute atomic E-state index is 11.5. The van der Waals surface area contributed by atoms with Crippen molar-refractivity contribution < 1.29 is 9.90 Å². The Bertz CT molecular complexity index is 987. The summed E-state index contributed by atoms with van der Waals surface area (Å²) in [6.07, 6.45) is 0. The van der Waals surface area contributed by atoms with Crippen LogP contribution in [0.1, 0.15) is 27.2 Å². The first kappa shape index (κ1) is 17.5. The second-order valence-electron chi connectivity index (χ2n) is 5.77. The molecule has 0 aliphatic carbocycles. The van der Waals surface area contributed by atoms with Crippen LogP contribution in [0.3, 0.4) is 0 Å². The van der Waals surface area contributed by atoms with E-state index in [-0.39, 0.29) is 5.56 Å². The van der Waals surface area contributed by atoms with Gasteiger partial charge in [0.1, 0.15) is 0 Å². The second-order valence-corrected chi connectivity index (χ2v) is 6.56. The molecule has 0 saturated heterocycles. The predicted molar refractivity (Wildman–Crippen MR) is 102 cm³/mol. The van der Waals surface area contributed by atoms with E-state index in [1.54, 1.807) is 18.2 Å². The van der Waals surface area contributed by atoms with E-state index in [0.717, 1.165) is 27.9 Å². The topological polar surface area (TPSA) is 62.2 Å². The smallest absolute Gasteiger partial charge is 0.337 e. The zero-order valence-electron chi connectivity index (χ0n) is 13.7. The van der Waals surface area contributed by atoms with Crippen LogP contribution >= 0.6 is 23.2 Å². The Hall–Kier alpha value is -2.30. The van der Waals surface area contributed by atoms with E-state index in [2.05, 4.69) is 10.3 Å². The van der Waals surface area contributed by atoms with Gasteiger partial charge in [0, 0.05) is 23.3 Å². The van der Waals surface area contributed by atoms with Crippen LogP contribution in [0.15, 0.2) is 36.4 Å². The highest BCUT2D eigenvalue weighted by molar-refractivity contribution is 6.42. The summed E-state index contributed by atoms with van der Waals surface area (Å²) in [5.41, 5.74) is 4.11. The van der Waals surface area contributed by atoms with Crippen molar-refractivity contribution in [2.75, 3.05) is 5.32 Å². The Balaban J connectivity index is 2.09. The van der Waals surface area contributed by atoms with Gasteiger partial charge in [-0.1, -0.05) is 47.5 Å². The number of benzene rings is 2. The number of para-hydroxylation sites is 1. The summed E-state index contributed by atoms with van der Waals surface area (Å²) in [6.45, 7) is 4.29. The number of pyridine rings is 1. The van der Waals surface area contributed by atoms with E-state index < -0.39 is 5.97 Å². The number of aromatic nitrogens is 1. The highest BCUT2D eigenvalue weighted by Crippen LogP contribution is 2.31. The monoisotopic (exact) mass is 374 g/mol. The van der Waals surface area contributed by atoms with Gasteiger partial charge in [-0.05, 0) is 37.1 Å². The van der Waals surface area contributed by atoms with Crippen LogP contribution in [-0.4, -0.2) is 16.1 Å². The molecular formula is C19H16Cl2N2O2. The molecule has 0 spiro atoms. The number of aromatic carboxylic acids is 1. The number of carboxylic acids is 1. The Kier molecular flexibility index (Phi) is 4.84. The number of nitrogens with one attached hydrogen (secondary N) is 1. The first-order valence-corrected chi connectivity index (χ1v) is 8.45. The quantitative estimate of drug-likeness (QED) is 0.635. The average molecular weight is 375 g/mol. The van der Waals surface area contributed by atoms with Crippen molar-refractivity contribution in [1.29, 1.82) is 0 Å². The number of anilines is 1. The third kappa shape index (κ3) is 3.28. The van der Waals surface area contributed by atoms with E-state index in [1.807, 2.05) is 32.0 Å². The predicted octanol–water partition coefficient (Wildman–Crippen LogP) is 5.47. The van der Waals surface area contributed by atoms with E-state index >= 15 is 0 Å². The first-order valence-electron chi connectivity index (χ1n) is 7.70. The van der Waals surface area contributed by atoms with Gasteiger partial charge in [-0.2, -0.15) is 0 Å². The molecule has 0 atom stereocenters. The van der Waals surface area contributed by atoms with E-state index in [4.69, 9.17) is 23.2 Å². The van der Waals surface area contributed by atoms with E-state index in [1.165, 1.54) is 0 Å². The van der Waals surface area contributed by atoms with Gasteiger partial charge in [0.2, 0.25) is 0 Å². The number of rotatable bonds is 4. The summed E-state index contributed by atoms with van der Waals surface area (Å²) in [5.74, 6) is -0.995. The lowest BCUT2D eigenvalue weighted by Gasteiger charge is -2.16. The van der Waals surface area contributed by atoms with Crippen LogP contribution in [0.25, 0.3) is 10.9 Å². The van der Waals surface area contributed by atoms with Gasteiger partial charge in [-0.15, -0.1) is 0 Å². The number of carboxylic acid groups (broad SMARTS) is 1. The van der Waals surface area contributed by atoms with Crippen LogP contribution in [-0.2, 0) is 6.54 Å². The largest absolute Gasteiger partial charge is 0.478 e. The number of fused-ring (bicyclic) bond motifs is 1. The Morgan fingerprint density at radius 2 is 1.88 bits per heavy atom. The maximum atomic E-state index is 11.5. The molecule has 0 aliphatic rings. The van der Waals surface area contributed by atoms with Gasteiger partial charge < -0.3 is 10.4 Å². The van der Waals surface area contributed by atoms with E-state index in [0.29, 0.717) is 22.1 Å². The molecule has 25 heavy (non-hydrogen) atoms. The molecule has 3 aromatic rings. The molecule has 128 valence electrons. The average Bonchev–Trinajstić information content (AvgIpc) is 2.58. The Morgan fingerprint density at radius 3 is 2.60 bits per heavy atom. The second kappa shape index (κ2) is 6.90. The van der Waals surface area contributed by atoms with Crippen LogP contribution in [0.4, 0.5) is 5.69 Å². The summed E-state index contributed by atoms with van der Waals surface area (Å²) >= 11 is 12.3. The van der Waals surface area contributed by atoms with Crippen molar-refractivity contribution in [3.63, 3.8) is 0 Å². The van der Waals surface area contributed by atoms with Crippen molar-refractivity contribution >= 4 is 45.8 Å². The molecule has 0 amide bonds. The maximum Gasteiger partial charge on any atom is 0.337 e. The lowest BCUT2D eigenvalue weighted by atomic mass is 10.0. The zero-order valence-corrected chi connectivity index (χ0v) is 15.2. The van der Waals surface area contributed by atoms with Crippen molar-refractivity contribution in [2.24, 2.45) is 0 Å². The minimum absolute atomic E-state index is 0.185. The fraction of sp³-hybridized carbons (Fsp3) is 0.158. The normalized spacial score (nSPS) is 10.9. The molecule has 1 aromatic heterocycles. The molecular weight excluding hydrogens is 359 g/mol. The highest BCUT2D eigenvalue weighted by atomic mass is 35.5. The summed E-state index contributed by atoms with van der Waals surface area (Å²) in [7, 11) is 0. The third-order valence-electron chi connectivity index (χ3n) is 4.22. The molecule has 0 radical (unpaired) electrons. The molecule has 2 aromatic carbocycles. The van der Waals surface area contributed by atoms with Gasteiger partial charge in [-0.3, -0.25) is 4.98 Å². The fourth-order valence-electron chi connectivity index (χ4n) is 2.77. The number of carbonyl (C=O) groups is 1. The van der Waals surface area contributed by atoms with Gasteiger partial charge in [0.05, 0.1) is 21.1 Å². The standard InChI is InChI=1S/C19H16Cl2N2O2/c1-10-11(2)23-18-13(6-4-7-14(18)19(24)25)17(10)22-9-12-5-3-8-15(20)16(12)21/h3-8H,9H2,1-2H3,(H,22,23)(H,24,25). The SMILES string of the molecule is Cc1nc2c(C(=O)O)cccc2c(NCc2cccc(Cl)c2Cl)c1C. The molecule has 1 heterocycles. The molecule has 6 heteroatoms. The molecule has 0 unspecified atom stereocenters. The lowest BCUT2D eigenvalue weighted by molar-refractivity contribution is 0.0699.